The van der Waals surface area contributed by atoms with E-state index >= 15 is 0 Å². The van der Waals surface area contributed by atoms with Crippen LogP contribution in [0.5, 0.6) is 0 Å². The van der Waals surface area contributed by atoms with Crippen molar-refractivity contribution in [1.29, 1.82) is 0 Å². The minimum atomic E-state index is -0.113. The van der Waals surface area contributed by atoms with E-state index in [0.717, 1.165) is 30.4 Å². The SMILES string of the molecule is CC1=C(C(=O)Nc2ccccn2)SC2=NCCCN21.Cl.Cl. The van der Waals surface area contributed by atoms with Crippen molar-refractivity contribution in [1.82, 2.24) is 9.88 Å². The molecule has 2 aliphatic heterocycles. The number of hydrogen-bond acceptors (Lipinski definition) is 5. The van der Waals surface area contributed by atoms with E-state index in [-0.39, 0.29) is 30.7 Å². The van der Waals surface area contributed by atoms with Gasteiger partial charge in [0, 0.05) is 25.0 Å². The second kappa shape index (κ2) is 7.68. The predicted octanol–water partition coefficient (Wildman–Crippen LogP) is 2.90. The van der Waals surface area contributed by atoms with Crippen LogP contribution in [0.2, 0.25) is 0 Å². The summed E-state index contributed by atoms with van der Waals surface area (Å²) in [5, 5.41) is 3.75. The number of carbonyl (C=O) groups is 1. The van der Waals surface area contributed by atoms with Gasteiger partial charge in [-0.05, 0) is 37.2 Å². The number of nitrogens with one attached hydrogen (secondary N) is 1. The Morgan fingerprint density at radius 3 is 2.86 bits per heavy atom. The Bertz CT molecular complexity index is 577. The summed E-state index contributed by atoms with van der Waals surface area (Å²) in [5.41, 5.74) is 0.983. The molecule has 2 aliphatic rings. The van der Waals surface area contributed by atoms with E-state index in [4.69, 9.17) is 0 Å². The second-order valence-corrected chi connectivity index (χ2v) is 5.33. The zero-order valence-electron chi connectivity index (χ0n) is 11.4. The van der Waals surface area contributed by atoms with E-state index in [9.17, 15) is 4.79 Å². The van der Waals surface area contributed by atoms with Gasteiger partial charge in [0.05, 0.1) is 4.91 Å². The van der Waals surface area contributed by atoms with Crippen LogP contribution in [0.1, 0.15) is 13.3 Å². The number of aromatic nitrogens is 1. The first kappa shape index (κ1) is 17.8. The molecule has 0 saturated heterocycles. The number of hydrogen-bond donors (Lipinski definition) is 1. The number of aliphatic imine (C=N–C) groups is 1. The molecule has 1 amide bonds. The van der Waals surface area contributed by atoms with Gasteiger partial charge in [0.15, 0.2) is 5.17 Å². The van der Waals surface area contributed by atoms with Crippen LogP contribution in [0.15, 0.2) is 40.0 Å². The summed E-state index contributed by atoms with van der Waals surface area (Å²) >= 11 is 1.45. The number of anilines is 1. The van der Waals surface area contributed by atoms with Crippen LogP contribution in [-0.4, -0.2) is 34.0 Å². The third-order valence-corrected chi connectivity index (χ3v) is 4.27. The van der Waals surface area contributed by atoms with Gasteiger partial charge < -0.3 is 10.2 Å². The molecule has 0 fully saturated rings. The van der Waals surface area contributed by atoms with Gasteiger partial charge in [-0.15, -0.1) is 24.8 Å². The van der Waals surface area contributed by atoms with Crippen LogP contribution in [0.4, 0.5) is 5.82 Å². The van der Waals surface area contributed by atoms with Crippen LogP contribution in [0.3, 0.4) is 0 Å². The van der Waals surface area contributed by atoms with Crippen molar-refractivity contribution in [3.8, 4) is 0 Å². The van der Waals surface area contributed by atoms with Crippen LogP contribution < -0.4 is 5.32 Å². The fourth-order valence-corrected chi connectivity index (χ4v) is 3.17. The molecule has 8 heteroatoms. The quantitative estimate of drug-likeness (QED) is 0.894. The fraction of sp³-hybridized carbons (Fsp3) is 0.308. The Labute approximate surface area is 140 Å². The number of amidine groups is 1. The molecule has 114 valence electrons. The summed E-state index contributed by atoms with van der Waals surface area (Å²) in [6.45, 7) is 3.76. The lowest BCUT2D eigenvalue weighted by molar-refractivity contribution is -0.112. The lowest BCUT2D eigenvalue weighted by atomic mass is 10.3. The molecular weight excluding hydrogens is 331 g/mol. The van der Waals surface area contributed by atoms with E-state index in [1.807, 2.05) is 19.1 Å². The van der Waals surface area contributed by atoms with Gasteiger partial charge in [-0.25, -0.2) is 4.98 Å². The van der Waals surface area contributed by atoms with Crippen LogP contribution in [0, 0.1) is 0 Å². The Balaban J connectivity index is 0.00000110. The van der Waals surface area contributed by atoms with Crippen molar-refractivity contribution in [2.75, 3.05) is 18.4 Å². The maximum absolute atomic E-state index is 12.3. The number of nitrogens with zero attached hydrogens (tertiary/aromatic N) is 3. The van der Waals surface area contributed by atoms with Crippen molar-refractivity contribution in [2.45, 2.75) is 13.3 Å². The summed E-state index contributed by atoms with van der Waals surface area (Å²) < 4.78 is 0. The van der Waals surface area contributed by atoms with Gasteiger partial charge in [0.1, 0.15) is 5.82 Å². The Hall–Kier alpha value is -1.24. The summed E-state index contributed by atoms with van der Waals surface area (Å²) in [6.07, 6.45) is 2.70. The van der Waals surface area contributed by atoms with Crippen molar-refractivity contribution >= 4 is 53.5 Å². The maximum Gasteiger partial charge on any atom is 0.265 e. The van der Waals surface area contributed by atoms with Crippen LogP contribution >= 0.6 is 36.6 Å². The first-order valence-electron chi connectivity index (χ1n) is 6.19. The second-order valence-electron chi connectivity index (χ2n) is 4.36. The number of allylic oxidation sites excluding steroid dienone is 1. The predicted molar refractivity (Wildman–Crippen MR) is 91.3 cm³/mol. The normalized spacial score (nSPS) is 16.4. The van der Waals surface area contributed by atoms with Crippen LogP contribution in [-0.2, 0) is 4.79 Å². The molecule has 3 rings (SSSR count). The van der Waals surface area contributed by atoms with Gasteiger partial charge >= 0.3 is 0 Å². The first-order valence-corrected chi connectivity index (χ1v) is 7.00. The highest BCUT2D eigenvalue weighted by atomic mass is 35.5. The summed E-state index contributed by atoms with van der Waals surface area (Å²) in [5.74, 6) is 0.457. The molecular formula is C13H16Cl2N4OS. The molecule has 3 heterocycles. The van der Waals surface area contributed by atoms with Gasteiger partial charge in [-0.2, -0.15) is 0 Å². The summed E-state index contributed by atoms with van der Waals surface area (Å²) in [7, 11) is 0. The molecule has 0 unspecified atom stereocenters. The fourth-order valence-electron chi connectivity index (χ4n) is 2.09. The number of thioether (sulfide) groups is 1. The minimum Gasteiger partial charge on any atom is -0.324 e. The summed E-state index contributed by atoms with van der Waals surface area (Å²) in [4.78, 5) is 23.6. The zero-order valence-corrected chi connectivity index (χ0v) is 13.9. The molecule has 0 spiro atoms. The molecule has 5 nitrogen and oxygen atoms in total. The van der Waals surface area contributed by atoms with Gasteiger partial charge in [0.25, 0.3) is 5.91 Å². The molecule has 0 bridgehead atoms. The largest absolute Gasteiger partial charge is 0.324 e. The Morgan fingerprint density at radius 2 is 2.19 bits per heavy atom. The number of carbonyl (C=O) groups excluding carboxylic acids is 1. The molecule has 0 saturated carbocycles. The molecule has 1 aromatic heterocycles. The number of amides is 1. The van der Waals surface area contributed by atoms with E-state index in [1.54, 1.807) is 12.3 Å². The lowest BCUT2D eigenvalue weighted by Crippen LogP contribution is -2.28. The molecule has 0 aromatic carbocycles. The minimum absolute atomic E-state index is 0. The van der Waals surface area contributed by atoms with Crippen molar-refractivity contribution in [2.24, 2.45) is 4.99 Å². The Morgan fingerprint density at radius 1 is 1.38 bits per heavy atom. The zero-order chi connectivity index (χ0) is 13.2. The number of rotatable bonds is 2. The number of pyridine rings is 1. The molecule has 1 N–H and O–H groups in total. The van der Waals surface area contributed by atoms with Gasteiger partial charge in [-0.1, -0.05) is 6.07 Å². The van der Waals surface area contributed by atoms with E-state index in [1.165, 1.54) is 11.8 Å². The monoisotopic (exact) mass is 346 g/mol. The van der Waals surface area contributed by atoms with Crippen molar-refractivity contribution in [3.05, 3.63) is 35.0 Å². The lowest BCUT2D eigenvalue weighted by Gasteiger charge is -2.23. The smallest absolute Gasteiger partial charge is 0.265 e. The number of halogens is 2. The van der Waals surface area contributed by atoms with Crippen LogP contribution in [0.25, 0.3) is 0 Å². The van der Waals surface area contributed by atoms with Crippen molar-refractivity contribution in [3.63, 3.8) is 0 Å². The first-order chi connectivity index (χ1) is 9.25. The molecule has 0 atom stereocenters. The van der Waals surface area contributed by atoms with E-state index in [0.29, 0.717) is 10.7 Å². The average molecular weight is 347 g/mol. The topological polar surface area (TPSA) is 57.6 Å². The Kier molecular flexibility index (Phi) is 6.51. The summed E-state index contributed by atoms with van der Waals surface area (Å²) in [6, 6.07) is 5.44. The number of fused-ring (bicyclic) bond motifs is 1. The standard InChI is InChI=1S/C13H14N4OS.2ClH/c1-9-11(19-13-15-7-4-8-17(9)13)12(18)16-10-5-2-3-6-14-10;;/h2-3,5-6H,4,7-8H2,1H3,(H,14,16,18);2*1H. The third-order valence-electron chi connectivity index (χ3n) is 3.06. The third kappa shape index (κ3) is 3.70. The van der Waals surface area contributed by atoms with Gasteiger partial charge in [-0.3, -0.25) is 9.79 Å². The molecule has 0 radical (unpaired) electrons. The molecule has 1 aromatic rings. The van der Waals surface area contributed by atoms with Crippen molar-refractivity contribution < 1.29 is 4.79 Å². The van der Waals surface area contributed by atoms with E-state index in [2.05, 4.69) is 20.2 Å². The van der Waals surface area contributed by atoms with Gasteiger partial charge in [0.2, 0.25) is 0 Å². The highest BCUT2D eigenvalue weighted by Crippen LogP contribution is 2.36. The highest BCUT2D eigenvalue weighted by molar-refractivity contribution is 8.18. The molecule has 21 heavy (non-hydrogen) atoms. The maximum atomic E-state index is 12.3. The average Bonchev–Trinajstić information content (AvgIpc) is 2.78. The molecule has 0 aliphatic carbocycles. The highest BCUT2D eigenvalue weighted by Gasteiger charge is 2.31. The van der Waals surface area contributed by atoms with E-state index < -0.39 is 0 Å².